The van der Waals surface area contributed by atoms with Gasteiger partial charge in [0.1, 0.15) is 0 Å². The van der Waals surface area contributed by atoms with Crippen molar-refractivity contribution in [2.75, 3.05) is 13.1 Å². The lowest BCUT2D eigenvalue weighted by molar-refractivity contribution is 0.0842. The van der Waals surface area contributed by atoms with E-state index in [4.69, 9.17) is 9.31 Å². The Bertz CT molecular complexity index is 518. The molecule has 1 unspecified atom stereocenters. The third-order valence-electron chi connectivity index (χ3n) is 4.85. The maximum absolute atomic E-state index is 6.08. The fraction of sp³-hybridized carbons (Fsp3) is 0.647. The van der Waals surface area contributed by atoms with Gasteiger partial charge in [-0.05, 0) is 56.7 Å². The van der Waals surface area contributed by atoms with E-state index in [2.05, 4.69) is 50.8 Å². The van der Waals surface area contributed by atoms with Gasteiger partial charge in [0.15, 0.2) is 0 Å². The van der Waals surface area contributed by atoms with Crippen LogP contribution in [0.25, 0.3) is 0 Å². The van der Waals surface area contributed by atoms with Crippen molar-refractivity contribution >= 4 is 12.6 Å². The highest BCUT2D eigenvalue weighted by Gasteiger charge is 2.43. The van der Waals surface area contributed by atoms with Crippen molar-refractivity contribution in [1.29, 1.82) is 0 Å². The lowest BCUT2D eigenvalue weighted by atomic mass is 9.77. The van der Waals surface area contributed by atoms with Crippen LogP contribution < -0.4 is 5.46 Å². The van der Waals surface area contributed by atoms with Gasteiger partial charge in [0.25, 0.3) is 0 Å². The molecule has 1 saturated heterocycles. The third-order valence-corrected chi connectivity index (χ3v) is 4.85. The predicted molar refractivity (Wildman–Crippen MR) is 86.8 cm³/mol. The molecule has 1 fully saturated rings. The van der Waals surface area contributed by atoms with E-state index in [1.54, 1.807) is 0 Å². The molecule has 2 heterocycles. The quantitative estimate of drug-likeness (QED) is 0.797. The van der Waals surface area contributed by atoms with Crippen LogP contribution in [-0.2, 0) is 22.3 Å². The first-order chi connectivity index (χ1) is 9.99. The molecule has 114 valence electrons. The number of hydrogen-bond acceptors (Lipinski definition) is 3. The topological polar surface area (TPSA) is 21.7 Å². The lowest BCUT2D eigenvalue weighted by Gasteiger charge is -2.29. The van der Waals surface area contributed by atoms with E-state index >= 15 is 0 Å². The van der Waals surface area contributed by atoms with Crippen molar-refractivity contribution in [3.63, 3.8) is 0 Å². The van der Waals surface area contributed by atoms with Crippen molar-refractivity contribution in [1.82, 2.24) is 4.90 Å². The summed E-state index contributed by atoms with van der Waals surface area (Å²) in [7, 11) is -0.221. The summed E-state index contributed by atoms with van der Waals surface area (Å²) in [6, 6.07) is 6.72. The summed E-state index contributed by atoms with van der Waals surface area (Å²) < 4.78 is 12.1. The maximum Gasteiger partial charge on any atom is 0.494 e. The Hall–Kier alpha value is -0.835. The van der Waals surface area contributed by atoms with Crippen LogP contribution in [0.4, 0.5) is 0 Å². The monoisotopic (exact) mass is 287 g/mol. The first kappa shape index (κ1) is 15.1. The highest BCUT2D eigenvalue weighted by atomic mass is 16.7. The molecular weight excluding hydrogens is 261 g/mol. The average Bonchev–Trinajstić information content (AvgIpc) is 2.72. The molecule has 2 aliphatic heterocycles. The van der Waals surface area contributed by atoms with Gasteiger partial charge in [-0.25, -0.2) is 0 Å². The van der Waals surface area contributed by atoms with Crippen molar-refractivity contribution < 1.29 is 9.31 Å². The Morgan fingerprint density at radius 2 is 2.14 bits per heavy atom. The fourth-order valence-corrected chi connectivity index (χ4v) is 3.18. The Labute approximate surface area is 128 Å². The highest BCUT2D eigenvalue weighted by molar-refractivity contribution is 6.62. The van der Waals surface area contributed by atoms with Gasteiger partial charge >= 0.3 is 7.12 Å². The minimum Gasteiger partial charge on any atom is -0.402 e. The first-order valence-electron chi connectivity index (χ1n) is 8.17. The molecule has 1 atom stereocenters. The Kier molecular flexibility index (Phi) is 4.13. The van der Waals surface area contributed by atoms with Crippen LogP contribution in [0.15, 0.2) is 18.2 Å². The van der Waals surface area contributed by atoms with Crippen molar-refractivity contribution in [3.8, 4) is 0 Å². The standard InChI is InChI=1S/C17H26BNO2/c1-5-9-19-10-8-14-6-7-16(11-15(14)12-19)18-20-13(2)17(3,4)21-18/h6-7,11,13H,5,8-10,12H2,1-4H3. The van der Waals surface area contributed by atoms with Crippen LogP contribution in [0, 0.1) is 0 Å². The summed E-state index contributed by atoms with van der Waals surface area (Å²) >= 11 is 0. The van der Waals surface area contributed by atoms with Crippen LogP contribution in [-0.4, -0.2) is 36.8 Å². The molecule has 0 amide bonds. The van der Waals surface area contributed by atoms with E-state index in [1.807, 2.05) is 0 Å². The molecule has 0 spiro atoms. The van der Waals surface area contributed by atoms with Crippen LogP contribution in [0.1, 0.15) is 45.2 Å². The van der Waals surface area contributed by atoms with Crippen LogP contribution in [0.2, 0.25) is 0 Å². The summed E-state index contributed by atoms with van der Waals surface area (Å²) in [5.41, 5.74) is 3.87. The van der Waals surface area contributed by atoms with E-state index < -0.39 is 0 Å². The minimum atomic E-state index is -0.221. The van der Waals surface area contributed by atoms with Crippen LogP contribution >= 0.6 is 0 Å². The minimum absolute atomic E-state index is 0.120. The molecule has 1 aromatic rings. The molecule has 2 aliphatic rings. The molecule has 0 N–H and O–H groups in total. The number of hydrogen-bond donors (Lipinski definition) is 0. The van der Waals surface area contributed by atoms with E-state index in [9.17, 15) is 0 Å². The molecule has 0 aliphatic carbocycles. The van der Waals surface area contributed by atoms with Gasteiger partial charge in [-0.2, -0.15) is 0 Å². The second-order valence-electron chi connectivity index (χ2n) is 6.89. The van der Waals surface area contributed by atoms with E-state index in [0.29, 0.717) is 0 Å². The zero-order valence-corrected chi connectivity index (χ0v) is 13.7. The second-order valence-corrected chi connectivity index (χ2v) is 6.89. The molecule has 21 heavy (non-hydrogen) atoms. The average molecular weight is 287 g/mol. The summed E-state index contributed by atoms with van der Waals surface area (Å²) in [4.78, 5) is 2.54. The van der Waals surface area contributed by atoms with Gasteiger partial charge in [0, 0.05) is 13.1 Å². The summed E-state index contributed by atoms with van der Waals surface area (Å²) in [5.74, 6) is 0. The van der Waals surface area contributed by atoms with Crippen molar-refractivity contribution in [3.05, 3.63) is 29.3 Å². The number of benzene rings is 1. The Morgan fingerprint density at radius 1 is 1.33 bits per heavy atom. The summed E-state index contributed by atoms with van der Waals surface area (Å²) in [6.45, 7) is 11.9. The molecule has 3 nitrogen and oxygen atoms in total. The third kappa shape index (κ3) is 3.03. The van der Waals surface area contributed by atoms with Crippen molar-refractivity contribution in [2.45, 2.75) is 58.8 Å². The lowest BCUT2D eigenvalue weighted by Crippen LogP contribution is -2.37. The molecule has 4 heteroatoms. The highest BCUT2D eigenvalue weighted by Crippen LogP contribution is 2.27. The molecule has 0 radical (unpaired) electrons. The number of nitrogens with zero attached hydrogens (tertiary/aromatic N) is 1. The summed E-state index contributed by atoms with van der Waals surface area (Å²) in [6.07, 6.45) is 2.49. The van der Waals surface area contributed by atoms with E-state index in [1.165, 1.54) is 30.6 Å². The molecule has 0 bridgehead atoms. The number of rotatable bonds is 3. The first-order valence-corrected chi connectivity index (χ1v) is 8.17. The van der Waals surface area contributed by atoms with Gasteiger partial charge in [-0.15, -0.1) is 0 Å². The summed E-state index contributed by atoms with van der Waals surface area (Å²) in [5, 5.41) is 0. The van der Waals surface area contributed by atoms with Crippen molar-refractivity contribution in [2.24, 2.45) is 0 Å². The van der Waals surface area contributed by atoms with Gasteiger partial charge in [-0.3, -0.25) is 4.90 Å². The number of fused-ring (bicyclic) bond motifs is 1. The Balaban J connectivity index is 1.79. The largest absolute Gasteiger partial charge is 0.494 e. The van der Waals surface area contributed by atoms with Crippen LogP contribution in [0.5, 0.6) is 0 Å². The van der Waals surface area contributed by atoms with E-state index in [-0.39, 0.29) is 18.8 Å². The van der Waals surface area contributed by atoms with Gasteiger partial charge in [-0.1, -0.05) is 25.1 Å². The molecular formula is C17H26BNO2. The normalized spacial score (nSPS) is 25.1. The molecule has 1 aromatic carbocycles. The predicted octanol–water partition coefficient (Wildman–Crippen LogP) is 2.36. The molecule has 0 saturated carbocycles. The SMILES string of the molecule is CCCN1CCc2ccc(B3OC(C)C(C)(C)O3)cc2C1. The zero-order valence-electron chi connectivity index (χ0n) is 13.7. The zero-order chi connectivity index (χ0) is 15.0. The van der Waals surface area contributed by atoms with E-state index in [0.717, 1.165) is 18.4 Å². The smallest absolute Gasteiger partial charge is 0.402 e. The maximum atomic E-state index is 6.08. The second kappa shape index (κ2) is 5.75. The van der Waals surface area contributed by atoms with Crippen LogP contribution in [0.3, 0.4) is 0 Å². The molecule has 0 aromatic heterocycles. The molecule has 3 rings (SSSR count). The Morgan fingerprint density at radius 3 is 2.81 bits per heavy atom. The van der Waals surface area contributed by atoms with Gasteiger partial charge in [0.05, 0.1) is 11.7 Å². The van der Waals surface area contributed by atoms with Gasteiger partial charge < -0.3 is 9.31 Å². The van der Waals surface area contributed by atoms with Gasteiger partial charge in [0.2, 0.25) is 0 Å². The fourth-order valence-electron chi connectivity index (χ4n) is 3.18.